The van der Waals surface area contributed by atoms with Gasteiger partial charge < -0.3 is 5.32 Å². The molecular formula is C19H21N3O3S. The van der Waals surface area contributed by atoms with Crippen LogP contribution in [-0.2, 0) is 21.2 Å². The highest BCUT2D eigenvalue weighted by Crippen LogP contribution is 2.13. The number of anilines is 1. The van der Waals surface area contributed by atoms with E-state index in [1.165, 1.54) is 0 Å². The highest BCUT2D eigenvalue weighted by molar-refractivity contribution is 7.89. The molecule has 2 N–H and O–H groups in total. The molecule has 0 aliphatic rings. The maximum Gasteiger partial charge on any atom is 0.240 e. The molecule has 6 nitrogen and oxygen atoms in total. The van der Waals surface area contributed by atoms with Gasteiger partial charge in [-0.3, -0.25) is 4.79 Å². The summed E-state index contributed by atoms with van der Waals surface area (Å²) >= 11 is 0. The number of benzene rings is 2. The van der Waals surface area contributed by atoms with Gasteiger partial charge in [0.15, 0.2) is 0 Å². The van der Waals surface area contributed by atoms with Gasteiger partial charge in [-0.1, -0.05) is 25.1 Å². The van der Waals surface area contributed by atoms with Gasteiger partial charge in [-0.05, 0) is 48.7 Å². The Kier molecular flexibility index (Phi) is 6.89. The number of sulfonamides is 1. The van der Waals surface area contributed by atoms with E-state index in [0.717, 1.165) is 12.0 Å². The molecule has 0 fully saturated rings. The molecule has 136 valence electrons. The zero-order chi connectivity index (χ0) is 19.0. The summed E-state index contributed by atoms with van der Waals surface area (Å²) in [5, 5.41) is 11.6. The van der Waals surface area contributed by atoms with Crippen molar-refractivity contribution in [1.29, 1.82) is 5.26 Å². The Balaban J connectivity index is 1.91. The lowest BCUT2D eigenvalue weighted by Gasteiger charge is -2.08. The minimum Gasteiger partial charge on any atom is -0.326 e. The summed E-state index contributed by atoms with van der Waals surface area (Å²) in [6, 6.07) is 15.2. The van der Waals surface area contributed by atoms with Gasteiger partial charge in [-0.15, -0.1) is 0 Å². The second-order valence-corrected chi connectivity index (χ2v) is 7.55. The first-order valence-electron chi connectivity index (χ1n) is 8.33. The fraction of sp³-hybridized carbons (Fsp3) is 0.263. The summed E-state index contributed by atoms with van der Waals surface area (Å²) in [4.78, 5) is 12.2. The van der Waals surface area contributed by atoms with Crippen LogP contribution in [0.1, 0.15) is 30.9 Å². The lowest BCUT2D eigenvalue weighted by molar-refractivity contribution is -0.116. The van der Waals surface area contributed by atoms with Crippen LogP contribution in [0.5, 0.6) is 0 Å². The third-order valence-corrected chi connectivity index (χ3v) is 5.17. The van der Waals surface area contributed by atoms with Crippen molar-refractivity contribution >= 4 is 21.6 Å². The molecule has 0 heterocycles. The van der Waals surface area contributed by atoms with E-state index >= 15 is 0 Å². The van der Waals surface area contributed by atoms with Crippen LogP contribution in [0.3, 0.4) is 0 Å². The molecule has 2 aromatic rings. The number of carbonyl (C=O) groups excluding carboxylic acids is 1. The van der Waals surface area contributed by atoms with Gasteiger partial charge >= 0.3 is 0 Å². The van der Waals surface area contributed by atoms with Crippen molar-refractivity contribution in [3.63, 3.8) is 0 Å². The number of nitrogens with zero attached hydrogens (tertiary/aromatic N) is 1. The SMILES string of the molecule is CCCNS(=O)(=O)c1ccc(CCC(=O)Nc2cccc(C#N)c2)cc1. The van der Waals surface area contributed by atoms with E-state index in [1.807, 2.05) is 13.0 Å². The minimum atomic E-state index is -3.47. The Morgan fingerprint density at radius 2 is 1.88 bits per heavy atom. The van der Waals surface area contributed by atoms with Crippen LogP contribution in [0.15, 0.2) is 53.4 Å². The Morgan fingerprint density at radius 1 is 1.15 bits per heavy atom. The normalized spacial score (nSPS) is 10.9. The largest absolute Gasteiger partial charge is 0.326 e. The Hall–Kier alpha value is -2.69. The third kappa shape index (κ3) is 5.69. The standard InChI is InChI=1S/C19H21N3O3S/c1-2-12-21-26(24,25)18-9-6-15(7-10-18)8-11-19(23)22-17-5-3-4-16(13-17)14-20/h3-7,9-10,13,21H,2,8,11-12H2,1H3,(H,22,23). The molecule has 0 spiro atoms. The van der Waals surface area contributed by atoms with Crippen molar-refractivity contribution in [2.24, 2.45) is 0 Å². The Bertz CT molecular complexity index is 900. The summed E-state index contributed by atoms with van der Waals surface area (Å²) in [6.45, 7) is 2.30. The molecule has 0 unspecified atom stereocenters. The van der Waals surface area contributed by atoms with Crippen molar-refractivity contribution < 1.29 is 13.2 Å². The van der Waals surface area contributed by atoms with Gasteiger partial charge in [0.2, 0.25) is 15.9 Å². The first kappa shape index (κ1) is 19.6. The average Bonchev–Trinajstić information content (AvgIpc) is 2.65. The van der Waals surface area contributed by atoms with Crippen LogP contribution in [0.2, 0.25) is 0 Å². The van der Waals surface area contributed by atoms with Crippen molar-refractivity contribution in [1.82, 2.24) is 4.72 Å². The van der Waals surface area contributed by atoms with Crippen molar-refractivity contribution in [2.45, 2.75) is 31.1 Å². The summed E-state index contributed by atoms with van der Waals surface area (Å²) in [5.74, 6) is -0.165. The van der Waals surface area contributed by atoms with Crippen LogP contribution in [0.25, 0.3) is 0 Å². The molecule has 7 heteroatoms. The average molecular weight is 371 g/mol. The number of nitrogens with one attached hydrogen (secondary N) is 2. The fourth-order valence-electron chi connectivity index (χ4n) is 2.30. The molecular weight excluding hydrogens is 350 g/mol. The predicted molar refractivity (Wildman–Crippen MR) is 100 cm³/mol. The molecule has 0 saturated heterocycles. The lowest BCUT2D eigenvalue weighted by atomic mass is 10.1. The van der Waals surface area contributed by atoms with Crippen LogP contribution in [0, 0.1) is 11.3 Å². The van der Waals surface area contributed by atoms with Gasteiger partial charge in [0.25, 0.3) is 0 Å². The molecule has 0 aliphatic heterocycles. The number of nitriles is 1. The van der Waals surface area contributed by atoms with Crippen molar-refractivity contribution in [3.8, 4) is 6.07 Å². The lowest BCUT2D eigenvalue weighted by Crippen LogP contribution is -2.24. The monoisotopic (exact) mass is 371 g/mol. The van der Waals surface area contributed by atoms with E-state index in [9.17, 15) is 13.2 Å². The van der Waals surface area contributed by atoms with Gasteiger partial charge in [-0.2, -0.15) is 5.26 Å². The molecule has 0 radical (unpaired) electrons. The van der Waals surface area contributed by atoms with Gasteiger partial charge in [-0.25, -0.2) is 13.1 Å². The molecule has 0 atom stereocenters. The van der Waals surface area contributed by atoms with E-state index in [2.05, 4.69) is 10.0 Å². The second-order valence-electron chi connectivity index (χ2n) is 5.78. The smallest absolute Gasteiger partial charge is 0.240 e. The zero-order valence-electron chi connectivity index (χ0n) is 14.5. The zero-order valence-corrected chi connectivity index (χ0v) is 15.3. The number of carbonyl (C=O) groups is 1. The number of hydrogen-bond acceptors (Lipinski definition) is 4. The maximum absolute atomic E-state index is 12.0. The van der Waals surface area contributed by atoms with Crippen LogP contribution >= 0.6 is 0 Å². The number of aryl methyl sites for hydroxylation is 1. The predicted octanol–water partition coefficient (Wildman–Crippen LogP) is 2.82. The molecule has 0 aromatic heterocycles. The van der Waals surface area contributed by atoms with E-state index in [4.69, 9.17) is 5.26 Å². The Morgan fingerprint density at radius 3 is 2.54 bits per heavy atom. The third-order valence-electron chi connectivity index (χ3n) is 3.69. The van der Waals surface area contributed by atoms with E-state index in [-0.39, 0.29) is 17.2 Å². The van der Waals surface area contributed by atoms with Gasteiger partial charge in [0.05, 0.1) is 16.5 Å². The molecule has 0 aliphatic carbocycles. The number of rotatable bonds is 8. The van der Waals surface area contributed by atoms with Crippen molar-refractivity contribution in [3.05, 3.63) is 59.7 Å². The van der Waals surface area contributed by atoms with E-state index in [1.54, 1.807) is 48.5 Å². The molecule has 0 saturated carbocycles. The molecule has 1 amide bonds. The van der Waals surface area contributed by atoms with Crippen LogP contribution < -0.4 is 10.0 Å². The maximum atomic E-state index is 12.0. The first-order valence-corrected chi connectivity index (χ1v) is 9.81. The first-order chi connectivity index (χ1) is 12.4. The summed E-state index contributed by atoms with van der Waals surface area (Å²) in [5.41, 5.74) is 1.94. The van der Waals surface area contributed by atoms with Gasteiger partial charge in [0, 0.05) is 18.7 Å². The topological polar surface area (TPSA) is 99.1 Å². The van der Waals surface area contributed by atoms with E-state index in [0.29, 0.717) is 24.2 Å². The highest BCUT2D eigenvalue weighted by Gasteiger charge is 2.12. The quantitative estimate of drug-likeness (QED) is 0.745. The summed E-state index contributed by atoms with van der Waals surface area (Å²) in [6.07, 6.45) is 1.48. The summed E-state index contributed by atoms with van der Waals surface area (Å²) < 4.78 is 26.6. The highest BCUT2D eigenvalue weighted by atomic mass is 32.2. The number of amides is 1. The van der Waals surface area contributed by atoms with Crippen molar-refractivity contribution in [2.75, 3.05) is 11.9 Å². The molecule has 2 aromatic carbocycles. The fourth-order valence-corrected chi connectivity index (χ4v) is 3.44. The Labute approximate surface area is 153 Å². The molecule has 2 rings (SSSR count). The molecule has 0 bridgehead atoms. The summed E-state index contributed by atoms with van der Waals surface area (Å²) in [7, 11) is -3.47. The second kappa shape index (κ2) is 9.13. The minimum absolute atomic E-state index is 0.165. The van der Waals surface area contributed by atoms with Crippen LogP contribution in [-0.4, -0.2) is 20.9 Å². The van der Waals surface area contributed by atoms with E-state index < -0.39 is 10.0 Å². The van der Waals surface area contributed by atoms with Gasteiger partial charge in [0.1, 0.15) is 0 Å². The number of hydrogen-bond donors (Lipinski definition) is 2. The molecule has 26 heavy (non-hydrogen) atoms. The van der Waals surface area contributed by atoms with Crippen LogP contribution in [0.4, 0.5) is 5.69 Å².